The normalized spacial score (nSPS) is 11.9. The van der Waals surface area contributed by atoms with Crippen LogP contribution in [-0.4, -0.2) is 120 Å². The molecule has 0 aromatic heterocycles. The van der Waals surface area contributed by atoms with E-state index in [0.717, 1.165) is 22.3 Å². The minimum absolute atomic E-state index is 0. The number of halogens is 1. The van der Waals surface area contributed by atoms with Crippen molar-refractivity contribution >= 4 is 36.2 Å². The Bertz CT molecular complexity index is 1250. The number of hydrogen-bond acceptors (Lipinski definition) is 11. The molecule has 2 aromatic rings. The van der Waals surface area contributed by atoms with Gasteiger partial charge in [-0.3, -0.25) is 19.3 Å². The molecule has 1 aliphatic carbocycles. The van der Waals surface area contributed by atoms with Crippen molar-refractivity contribution in [1.82, 2.24) is 20.9 Å². The molecule has 0 heterocycles. The van der Waals surface area contributed by atoms with Crippen LogP contribution in [0, 0.1) is 0 Å². The molecule has 0 bridgehead atoms. The second-order valence-electron chi connectivity index (χ2n) is 11.5. The van der Waals surface area contributed by atoms with Crippen LogP contribution in [0.5, 0.6) is 0 Å². The van der Waals surface area contributed by atoms with Crippen LogP contribution in [0.25, 0.3) is 11.1 Å². The Balaban J connectivity index is 0.00000867. The molecule has 0 spiro atoms. The fourth-order valence-electron chi connectivity index (χ4n) is 5.21. The number of rotatable bonds is 23. The van der Waals surface area contributed by atoms with Crippen molar-refractivity contribution < 1.29 is 38.1 Å². The van der Waals surface area contributed by atoms with Gasteiger partial charge in [-0.25, -0.2) is 4.79 Å². The minimum atomic E-state index is -1.29. The number of hydrogen-bond donors (Lipinski definition) is 6. The van der Waals surface area contributed by atoms with Crippen LogP contribution in [0.15, 0.2) is 48.5 Å². The third-order valence-corrected chi connectivity index (χ3v) is 7.91. The summed E-state index contributed by atoms with van der Waals surface area (Å²) in [5.41, 5.74) is 18.8. The number of amides is 4. The summed E-state index contributed by atoms with van der Waals surface area (Å²) in [6.07, 6.45) is -1.15. The van der Waals surface area contributed by atoms with Crippen LogP contribution in [0.2, 0.25) is 0 Å². The first-order valence-corrected chi connectivity index (χ1v) is 16.5. The van der Waals surface area contributed by atoms with Gasteiger partial charge < -0.3 is 52.1 Å². The minimum Gasteiger partial charge on any atom is -0.436 e. The number of carbonyl (C=O) groups excluding carboxylic acids is 4. The second-order valence-corrected chi connectivity index (χ2v) is 11.5. The molecule has 4 amide bonds. The van der Waals surface area contributed by atoms with Crippen LogP contribution in [0.4, 0.5) is 4.79 Å². The van der Waals surface area contributed by atoms with E-state index in [1.807, 2.05) is 48.5 Å². The Morgan fingerprint density at radius 3 is 1.38 bits per heavy atom. The molecule has 9 N–H and O–H groups in total. The molecule has 3 rings (SSSR count). The summed E-state index contributed by atoms with van der Waals surface area (Å²) in [5.74, 6) is -0.703. The van der Waals surface area contributed by atoms with E-state index in [4.69, 9.17) is 36.1 Å². The van der Waals surface area contributed by atoms with Crippen molar-refractivity contribution in [1.29, 1.82) is 0 Å². The third-order valence-electron chi connectivity index (χ3n) is 7.91. The zero-order chi connectivity index (χ0) is 35.5. The highest BCUT2D eigenvalue weighted by molar-refractivity contribution is 5.85. The summed E-state index contributed by atoms with van der Waals surface area (Å²) in [6, 6.07) is 15.5. The number of nitrogens with one attached hydrogen (secondary N) is 3. The highest BCUT2D eigenvalue weighted by Gasteiger charge is 2.42. The molecule has 2 aromatic carbocycles. The smallest absolute Gasteiger partial charge is 0.411 e. The second kappa shape index (κ2) is 22.8. The van der Waals surface area contributed by atoms with Gasteiger partial charge in [0.05, 0.1) is 39.6 Å². The van der Waals surface area contributed by atoms with E-state index in [9.17, 15) is 19.2 Å². The lowest BCUT2D eigenvalue weighted by Gasteiger charge is -2.41. The lowest BCUT2D eigenvalue weighted by atomic mass is 10.0. The topological polar surface area (TPSA) is 223 Å². The molecule has 0 saturated carbocycles. The average molecular weight is 722 g/mol. The van der Waals surface area contributed by atoms with E-state index in [1.165, 1.54) is 4.90 Å². The summed E-state index contributed by atoms with van der Waals surface area (Å²) in [4.78, 5) is 52.0. The molecule has 15 nitrogen and oxygen atoms in total. The van der Waals surface area contributed by atoms with Crippen LogP contribution in [0.1, 0.15) is 36.5 Å². The van der Waals surface area contributed by atoms with Gasteiger partial charge in [-0.15, -0.1) is 12.4 Å². The van der Waals surface area contributed by atoms with E-state index in [-0.39, 0.29) is 89.0 Å². The van der Waals surface area contributed by atoms with Gasteiger partial charge in [0.15, 0.2) is 6.10 Å². The zero-order valence-electron chi connectivity index (χ0n) is 28.7. The van der Waals surface area contributed by atoms with Gasteiger partial charge in [-0.05, 0) is 11.1 Å². The Labute approximate surface area is 299 Å². The van der Waals surface area contributed by atoms with E-state index >= 15 is 0 Å². The van der Waals surface area contributed by atoms with E-state index in [0.29, 0.717) is 39.3 Å². The van der Waals surface area contributed by atoms with Crippen molar-refractivity contribution in [2.24, 2.45) is 17.2 Å². The Morgan fingerprint density at radius 2 is 1.02 bits per heavy atom. The number of nitrogens with zero attached hydrogens (tertiary/aromatic N) is 1. The van der Waals surface area contributed by atoms with E-state index < -0.39 is 17.7 Å². The quantitative estimate of drug-likeness (QED) is 0.0864. The Hall–Kier alpha value is -3.83. The van der Waals surface area contributed by atoms with Crippen molar-refractivity contribution in [2.45, 2.75) is 30.9 Å². The third kappa shape index (κ3) is 12.8. The van der Waals surface area contributed by atoms with Gasteiger partial charge >= 0.3 is 6.09 Å². The Kier molecular flexibility index (Phi) is 19.3. The number of likely N-dealkylation sites (N-methyl/N-ethyl adjacent to an activating group) is 1. The molecule has 0 aliphatic heterocycles. The summed E-state index contributed by atoms with van der Waals surface area (Å²) in [6.45, 7) is 1.70. The monoisotopic (exact) mass is 721 g/mol. The first-order valence-electron chi connectivity index (χ1n) is 16.5. The van der Waals surface area contributed by atoms with Crippen molar-refractivity contribution in [3.63, 3.8) is 0 Å². The SMILES string of the molecule is CN(C(=O)OC1c2ccccc2-c2ccccc21)C(COCCC(=O)NCCN)(COCCC(=O)NCCN)COCCC(=O)NCCN.Cl. The van der Waals surface area contributed by atoms with Crippen LogP contribution < -0.4 is 33.2 Å². The standard InChI is InChI=1S/C34H51N7O8.ClH/c1-41(33(45)49-32-27-8-4-2-6-25(27)26-7-3-5-9-28(26)32)34(22-46-19-10-29(42)38-16-13-35,23-47-20-11-30(43)39-17-14-36)24-48-21-12-31(44)40-18-15-37;/h2-9,32H,10-24,35-37H2,1H3,(H,38,42)(H,39,43)(H,40,44);1H. The van der Waals surface area contributed by atoms with Crippen molar-refractivity contribution in [3.05, 3.63) is 59.7 Å². The number of ether oxygens (including phenoxy) is 4. The molecular formula is C34H52ClN7O8. The molecule has 1 aliphatic rings. The molecule has 0 radical (unpaired) electrons. The maximum atomic E-state index is 14.1. The van der Waals surface area contributed by atoms with Gasteiger partial charge in [0, 0.05) is 76.7 Å². The number of carbonyl (C=O) groups is 4. The maximum Gasteiger partial charge on any atom is 0.411 e. The molecule has 0 atom stereocenters. The van der Waals surface area contributed by atoms with Crippen LogP contribution >= 0.6 is 12.4 Å². The number of benzene rings is 2. The van der Waals surface area contributed by atoms with E-state index in [1.54, 1.807) is 7.05 Å². The molecule has 0 saturated heterocycles. The lowest BCUT2D eigenvalue weighted by Crippen LogP contribution is -2.59. The highest BCUT2D eigenvalue weighted by Crippen LogP contribution is 2.45. The highest BCUT2D eigenvalue weighted by atomic mass is 35.5. The molecule has 16 heteroatoms. The summed E-state index contributed by atoms with van der Waals surface area (Å²) in [5, 5.41) is 8.08. The van der Waals surface area contributed by atoms with Crippen molar-refractivity contribution in [2.75, 3.05) is 86.0 Å². The molecule has 0 unspecified atom stereocenters. The van der Waals surface area contributed by atoms with Crippen molar-refractivity contribution in [3.8, 4) is 11.1 Å². The summed E-state index contributed by atoms with van der Waals surface area (Å²) in [7, 11) is 1.56. The van der Waals surface area contributed by atoms with Crippen LogP contribution in [0.3, 0.4) is 0 Å². The van der Waals surface area contributed by atoms with E-state index in [2.05, 4.69) is 16.0 Å². The molecular weight excluding hydrogens is 670 g/mol. The fraction of sp³-hybridized carbons (Fsp3) is 0.529. The summed E-state index contributed by atoms with van der Waals surface area (Å²) >= 11 is 0. The van der Waals surface area contributed by atoms with Crippen LogP contribution in [-0.2, 0) is 33.3 Å². The average Bonchev–Trinajstić information content (AvgIpc) is 3.43. The first-order chi connectivity index (χ1) is 23.8. The lowest BCUT2D eigenvalue weighted by molar-refractivity contribution is -0.124. The van der Waals surface area contributed by atoms with Gasteiger partial charge in [0.1, 0.15) is 5.54 Å². The maximum absolute atomic E-state index is 14.1. The van der Waals surface area contributed by atoms with Gasteiger partial charge in [0.2, 0.25) is 17.7 Å². The van der Waals surface area contributed by atoms with Gasteiger partial charge in [-0.1, -0.05) is 48.5 Å². The predicted molar refractivity (Wildman–Crippen MR) is 190 cm³/mol. The first kappa shape index (κ1) is 42.3. The number of fused-ring (bicyclic) bond motifs is 3. The number of nitrogens with two attached hydrogens (primary N) is 3. The predicted octanol–water partition coefficient (Wildman–Crippen LogP) is 0.430. The summed E-state index contributed by atoms with van der Waals surface area (Å²) < 4.78 is 24.1. The molecule has 0 fully saturated rings. The van der Waals surface area contributed by atoms with Gasteiger partial charge in [-0.2, -0.15) is 0 Å². The Morgan fingerprint density at radius 1 is 0.660 bits per heavy atom. The largest absolute Gasteiger partial charge is 0.436 e. The molecule has 278 valence electrons. The molecule has 50 heavy (non-hydrogen) atoms. The fourth-order valence-corrected chi connectivity index (χ4v) is 5.21. The zero-order valence-corrected chi connectivity index (χ0v) is 29.5. The van der Waals surface area contributed by atoms with Gasteiger partial charge in [0.25, 0.3) is 0 Å².